The molecule has 3 N–H and O–H groups in total. The van der Waals surface area contributed by atoms with Crippen molar-refractivity contribution < 1.29 is 19.1 Å². The maximum Gasteiger partial charge on any atom is 0.338 e. The molecule has 8 nitrogen and oxygen atoms in total. The highest BCUT2D eigenvalue weighted by Gasteiger charge is 2.45. The van der Waals surface area contributed by atoms with Gasteiger partial charge in [0.2, 0.25) is 0 Å². The second kappa shape index (κ2) is 10.5. The van der Waals surface area contributed by atoms with Crippen LogP contribution in [0.4, 0.5) is 4.39 Å². The summed E-state index contributed by atoms with van der Waals surface area (Å²) in [5.74, 6) is -0.506. The van der Waals surface area contributed by atoms with Crippen LogP contribution in [-0.2, 0) is 9.53 Å². The number of halogens is 2. The predicted molar refractivity (Wildman–Crippen MR) is 140 cm³/mol. The lowest BCUT2D eigenvalue weighted by Crippen LogP contribution is -2.62. The van der Waals surface area contributed by atoms with Gasteiger partial charge in [-0.15, -0.1) is 0 Å². The Labute approximate surface area is 221 Å². The van der Waals surface area contributed by atoms with E-state index in [0.29, 0.717) is 42.1 Å². The maximum atomic E-state index is 13.9. The lowest BCUT2D eigenvalue weighted by molar-refractivity contribution is -0.246. The van der Waals surface area contributed by atoms with Crippen LogP contribution in [0.2, 0.25) is 5.02 Å². The van der Waals surface area contributed by atoms with Crippen LogP contribution in [0.1, 0.15) is 57.7 Å². The van der Waals surface area contributed by atoms with E-state index < -0.39 is 28.9 Å². The summed E-state index contributed by atoms with van der Waals surface area (Å²) in [5.41, 5.74) is 1.26. The number of hydrogen-bond donors (Lipinski definition) is 3. The molecular formula is C27H33ClFN5O3. The Kier molecular flexibility index (Phi) is 7.71. The lowest BCUT2D eigenvalue weighted by atomic mass is 9.79. The van der Waals surface area contributed by atoms with Gasteiger partial charge in [-0.1, -0.05) is 17.7 Å². The summed E-state index contributed by atoms with van der Waals surface area (Å²) in [6, 6.07) is 6.92. The minimum absolute atomic E-state index is 0.0673. The van der Waals surface area contributed by atoms with Crippen molar-refractivity contribution in [1.82, 2.24) is 20.7 Å². The van der Waals surface area contributed by atoms with Gasteiger partial charge in [0, 0.05) is 57.9 Å². The van der Waals surface area contributed by atoms with Gasteiger partial charge in [-0.3, -0.25) is 9.98 Å². The van der Waals surface area contributed by atoms with E-state index in [9.17, 15) is 14.4 Å². The molecule has 1 aromatic carbocycles. The number of methoxy groups -OCH3 is 1. The molecule has 0 spiro atoms. The van der Waals surface area contributed by atoms with Gasteiger partial charge in [0.05, 0.1) is 12.7 Å². The normalized spacial score (nSPS) is 21.8. The number of aromatic nitrogens is 1. The predicted octanol–water partition coefficient (Wildman–Crippen LogP) is 4.39. The summed E-state index contributed by atoms with van der Waals surface area (Å²) in [7, 11) is 1.31. The molecule has 37 heavy (non-hydrogen) atoms. The molecule has 1 aromatic heterocycles. The topological polar surface area (TPSA) is 99.1 Å². The summed E-state index contributed by atoms with van der Waals surface area (Å²) in [6.45, 7) is 8.32. The van der Waals surface area contributed by atoms with Crippen molar-refractivity contribution >= 4 is 23.4 Å². The fourth-order valence-corrected chi connectivity index (χ4v) is 5.62. The summed E-state index contributed by atoms with van der Waals surface area (Å²) >= 11 is 6.43. The van der Waals surface area contributed by atoms with Crippen molar-refractivity contribution in [2.24, 2.45) is 4.99 Å². The van der Waals surface area contributed by atoms with Crippen LogP contribution in [0.3, 0.4) is 0 Å². The number of pyridine rings is 1. The number of aliphatic imine (C=N–C) groups is 1. The highest BCUT2D eigenvalue weighted by atomic mass is 35.5. The number of nitrogens with zero attached hydrogens (tertiary/aromatic N) is 3. The van der Waals surface area contributed by atoms with E-state index >= 15 is 0 Å². The van der Waals surface area contributed by atoms with E-state index in [1.54, 1.807) is 12.4 Å². The van der Waals surface area contributed by atoms with Crippen molar-refractivity contribution in [3.63, 3.8) is 0 Å². The van der Waals surface area contributed by atoms with Crippen molar-refractivity contribution in [3.8, 4) is 0 Å². The molecule has 1 unspecified atom stereocenters. The number of amidine groups is 1. The van der Waals surface area contributed by atoms with Crippen LogP contribution in [0, 0.1) is 5.82 Å². The van der Waals surface area contributed by atoms with E-state index in [2.05, 4.69) is 15.6 Å². The van der Waals surface area contributed by atoms with Gasteiger partial charge in [-0.25, -0.2) is 9.18 Å². The monoisotopic (exact) mass is 529 g/mol. The third-order valence-electron chi connectivity index (χ3n) is 6.95. The smallest absolute Gasteiger partial charge is 0.338 e. The molecule has 0 radical (unpaired) electrons. The minimum atomic E-state index is -0.811. The number of carbonyl (C=O) groups is 1. The van der Waals surface area contributed by atoms with Crippen molar-refractivity contribution in [2.45, 2.75) is 63.7 Å². The number of piperidine rings is 1. The molecule has 2 aliphatic heterocycles. The summed E-state index contributed by atoms with van der Waals surface area (Å²) < 4.78 is 19.0. The average molecular weight is 530 g/mol. The fraction of sp³-hybridized carbons (Fsp3) is 0.444. The molecule has 4 rings (SSSR count). The highest BCUT2D eigenvalue weighted by Crippen LogP contribution is 2.38. The Balaban J connectivity index is 1.74. The molecule has 1 saturated heterocycles. The number of carbonyl (C=O) groups excluding carboxylic acids is 1. The summed E-state index contributed by atoms with van der Waals surface area (Å²) in [5, 5.41) is 19.2. The molecule has 2 aliphatic rings. The van der Waals surface area contributed by atoms with E-state index in [4.69, 9.17) is 21.3 Å². The van der Waals surface area contributed by atoms with E-state index in [0.717, 1.165) is 5.56 Å². The Morgan fingerprint density at radius 3 is 2.46 bits per heavy atom. The SMILES string of the molecule is COC(=O)C1=C(CNC2CC(C)(C)N(O)C(C)(C)C2)NC(c2ccncc2)=NC1c1ccc(F)cc1Cl. The van der Waals surface area contributed by atoms with Crippen LogP contribution >= 0.6 is 11.6 Å². The van der Waals surface area contributed by atoms with E-state index in [-0.39, 0.29) is 11.1 Å². The van der Waals surface area contributed by atoms with Crippen molar-refractivity contribution in [2.75, 3.05) is 13.7 Å². The number of ether oxygens (including phenoxy) is 1. The van der Waals surface area contributed by atoms with Crippen LogP contribution in [0.25, 0.3) is 0 Å². The second-order valence-electron chi connectivity index (χ2n) is 10.7. The standard InChI is InChI=1S/C27H33ClFN5O3/c1-26(2)13-18(14-27(3,4)34(26)36)31-15-21-22(25(35)37-5)23(19-7-6-17(29)12-20(19)28)33-24(32-21)16-8-10-30-11-9-16/h6-12,18,23,31,36H,13-15H2,1-5H3,(H,32,33). The Bertz CT molecular complexity index is 1210. The van der Waals surface area contributed by atoms with Crippen LogP contribution in [-0.4, -0.2) is 57.8 Å². The van der Waals surface area contributed by atoms with Gasteiger partial charge in [0.25, 0.3) is 0 Å². The third-order valence-corrected chi connectivity index (χ3v) is 7.28. The zero-order chi connectivity index (χ0) is 27.0. The summed E-state index contributed by atoms with van der Waals surface area (Å²) in [4.78, 5) is 22.0. The molecular weight excluding hydrogens is 497 g/mol. The average Bonchev–Trinajstić information content (AvgIpc) is 2.85. The number of nitrogens with one attached hydrogen (secondary N) is 2. The molecule has 1 atom stereocenters. The van der Waals surface area contributed by atoms with Gasteiger partial charge < -0.3 is 20.6 Å². The molecule has 2 aromatic rings. The Morgan fingerprint density at radius 1 is 1.22 bits per heavy atom. The largest absolute Gasteiger partial charge is 0.466 e. The number of hydrogen-bond acceptors (Lipinski definition) is 8. The maximum absolute atomic E-state index is 13.9. The Hall–Kier alpha value is -2.85. The first-order chi connectivity index (χ1) is 17.4. The molecule has 198 valence electrons. The zero-order valence-electron chi connectivity index (χ0n) is 21.7. The summed E-state index contributed by atoms with van der Waals surface area (Å²) in [6.07, 6.45) is 4.71. The lowest BCUT2D eigenvalue weighted by Gasteiger charge is -2.51. The first-order valence-electron chi connectivity index (χ1n) is 12.2. The molecule has 0 amide bonds. The third kappa shape index (κ3) is 5.70. The Morgan fingerprint density at radius 2 is 1.86 bits per heavy atom. The molecule has 10 heteroatoms. The van der Waals surface area contributed by atoms with E-state index in [1.165, 1.54) is 30.4 Å². The fourth-order valence-electron chi connectivity index (χ4n) is 5.35. The van der Waals surface area contributed by atoms with Gasteiger partial charge >= 0.3 is 5.97 Å². The van der Waals surface area contributed by atoms with Gasteiger partial charge in [0.15, 0.2) is 0 Å². The molecule has 1 fully saturated rings. The van der Waals surface area contributed by atoms with E-state index in [1.807, 2.05) is 39.8 Å². The van der Waals surface area contributed by atoms with Crippen LogP contribution < -0.4 is 10.6 Å². The second-order valence-corrected chi connectivity index (χ2v) is 11.1. The molecule has 3 heterocycles. The molecule has 0 aliphatic carbocycles. The number of benzene rings is 1. The van der Waals surface area contributed by atoms with Gasteiger partial charge in [-0.05, 0) is 64.8 Å². The first-order valence-corrected chi connectivity index (χ1v) is 12.5. The number of esters is 1. The van der Waals surface area contributed by atoms with Gasteiger partial charge in [0.1, 0.15) is 17.7 Å². The quantitative estimate of drug-likeness (QED) is 0.477. The van der Waals surface area contributed by atoms with Crippen LogP contribution in [0.15, 0.2) is 59.0 Å². The molecule has 0 saturated carbocycles. The number of rotatable bonds is 6. The van der Waals surface area contributed by atoms with Gasteiger partial charge in [-0.2, -0.15) is 5.06 Å². The first kappa shape index (κ1) is 27.2. The number of hydroxylamine groups is 2. The molecule has 0 bridgehead atoms. The van der Waals surface area contributed by atoms with Crippen LogP contribution in [0.5, 0.6) is 0 Å². The highest BCUT2D eigenvalue weighted by molar-refractivity contribution is 6.31. The zero-order valence-corrected chi connectivity index (χ0v) is 22.4. The van der Waals surface area contributed by atoms with Crippen molar-refractivity contribution in [3.05, 3.63) is 76.0 Å². The van der Waals surface area contributed by atoms with Crippen molar-refractivity contribution in [1.29, 1.82) is 0 Å². The minimum Gasteiger partial charge on any atom is -0.466 e.